The van der Waals surface area contributed by atoms with E-state index >= 15 is 0 Å². The lowest BCUT2D eigenvalue weighted by molar-refractivity contribution is -0.144. The third-order valence-corrected chi connectivity index (χ3v) is 3.77. The van der Waals surface area contributed by atoms with Gasteiger partial charge in [0.1, 0.15) is 11.8 Å². The fourth-order valence-corrected chi connectivity index (χ4v) is 2.65. The van der Waals surface area contributed by atoms with Gasteiger partial charge in [-0.2, -0.15) is 0 Å². The average Bonchev–Trinajstić information content (AvgIpc) is 2.57. The number of aromatic hydroxyl groups is 1. The second-order valence-electron chi connectivity index (χ2n) is 5.22. The standard InChI is InChI=1S/C19H23NO3/c1-3-20(16-11-6-5-7-12-16)17(19(22)23-4-2)14-15-10-8-9-13-18(15)21/h5-13,17,21H,3-4,14H2,1-2H3. The Morgan fingerprint density at radius 2 is 1.74 bits per heavy atom. The third kappa shape index (κ3) is 4.25. The second kappa shape index (κ2) is 8.22. The van der Waals surface area contributed by atoms with E-state index in [4.69, 9.17) is 4.74 Å². The van der Waals surface area contributed by atoms with Gasteiger partial charge in [0.2, 0.25) is 0 Å². The van der Waals surface area contributed by atoms with Crippen LogP contribution in [0.2, 0.25) is 0 Å². The molecule has 0 fully saturated rings. The molecular formula is C19H23NO3. The number of likely N-dealkylation sites (N-methyl/N-ethyl adjacent to an activating group) is 1. The van der Waals surface area contributed by atoms with Crippen molar-refractivity contribution < 1.29 is 14.6 Å². The highest BCUT2D eigenvalue weighted by atomic mass is 16.5. The van der Waals surface area contributed by atoms with Gasteiger partial charge in [-0.25, -0.2) is 4.79 Å². The van der Waals surface area contributed by atoms with Gasteiger partial charge in [-0.1, -0.05) is 36.4 Å². The molecule has 0 heterocycles. The Labute approximate surface area is 137 Å². The zero-order valence-electron chi connectivity index (χ0n) is 13.6. The van der Waals surface area contributed by atoms with Gasteiger partial charge in [0.05, 0.1) is 6.61 Å². The highest BCUT2D eigenvalue weighted by molar-refractivity contribution is 5.80. The van der Waals surface area contributed by atoms with Gasteiger partial charge < -0.3 is 14.7 Å². The lowest BCUT2D eigenvalue weighted by Gasteiger charge is -2.31. The summed E-state index contributed by atoms with van der Waals surface area (Å²) in [4.78, 5) is 14.5. The molecule has 4 nitrogen and oxygen atoms in total. The smallest absolute Gasteiger partial charge is 0.329 e. The van der Waals surface area contributed by atoms with Crippen molar-refractivity contribution in [1.82, 2.24) is 0 Å². The first-order chi connectivity index (χ1) is 11.2. The molecule has 0 radical (unpaired) electrons. The number of hydrogen-bond donors (Lipinski definition) is 1. The van der Waals surface area contributed by atoms with Crippen molar-refractivity contribution in [1.29, 1.82) is 0 Å². The van der Waals surface area contributed by atoms with E-state index in [0.717, 1.165) is 11.3 Å². The predicted octanol–water partition coefficient (Wildman–Crippen LogP) is 3.39. The Morgan fingerprint density at radius 1 is 1.09 bits per heavy atom. The fourth-order valence-electron chi connectivity index (χ4n) is 2.65. The van der Waals surface area contributed by atoms with Crippen molar-refractivity contribution >= 4 is 11.7 Å². The molecule has 1 unspecified atom stereocenters. The molecule has 0 aliphatic heterocycles. The van der Waals surface area contributed by atoms with Gasteiger partial charge in [0.25, 0.3) is 0 Å². The van der Waals surface area contributed by atoms with Crippen molar-refractivity contribution in [2.45, 2.75) is 26.3 Å². The maximum Gasteiger partial charge on any atom is 0.329 e. The van der Waals surface area contributed by atoms with Gasteiger partial charge in [-0.05, 0) is 37.6 Å². The van der Waals surface area contributed by atoms with E-state index < -0.39 is 6.04 Å². The zero-order valence-corrected chi connectivity index (χ0v) is 13.6. The number of hydrogen-bond acceptors (Lipinski definition) is 4. The van der Waals surface area contributed by atoms with E-state index in [2.05, 4.69) is 0 Å². The summed E-state index contributed by atoms with van der Waals surface area (Å²) in [6, 6.07) is 16.4. The second-order valence-corrected chi connectivity index (χ2v) is 5.22. The third-order valence-electron chi connectivity index (χ3n) is 3.77. The first-order valence-corrected chi connectivity index (χ1v) is 7.92. The minimum atomic E-state index is -0.476. The summed E-state index contributed by atoms with van der Waals surface area (Å²) >= 11 is 0. The van der Waals surface area contributed by atoms with E-state index in [0.29, 0.717) is 19.6 Å². The summed E-state index contributed by atoms with van der Waals surface area (Å²) in [6.07, 6.45) is 0.397. The Morgan fingerprint density at radius 3 is 2.35 bits per heavy atom. The van der Waals surface area contributed by atoms with Crippen LogP contribution in [0.1, 0.15) is 19.4 Å². The van der Waals surface area contributed by atoms with E-state index in [1.54, 1.807) is 19.1 Å². The summed E-state index contributed by atoms with van der Waals surface area (Å²) in [6.45, 7) is 4.81. The van der Waals surface area contributed by atoms with Crippen LogP contribution in [0.4, 0.5) is 5.69 Å². The molecule has 0 bridgehead atoms. The number of carbonyl (C=O) groups is 1. The summed E-state index contributed by atoms with van der Waals surface area (Å²) < 4.78 is 5.26. The summed E-state index contributed by atoms with van der Waals surface area (Å²) in [5.74, 6) is -0.0765. The quantitative estimate of drug-likeness (QED) is 0.796. The highest BCUT2D eigenvalue weighted by Crippen LogP contribution is 2.23. The monoisotopic (exact) mass is 313 g/mol. The van der Waals surface area contributed by atoms with Gasteiger partial charge in [0, 0.05) is 18.7 Å². The molecule has 0 saturated carbocycles. The van der Waals surface area contributed by atoms with E-state index in [1.807, 2.05) is 54.3 Å². The van der Waals surface area contributed by atoms with Crippen molar-refractivity contribution in [3.63, 3.8) is 0 Å². The number of benzene rings is 2. The molecule has 0 aliphatic rings. The van der Waals surface area contributed by atoms with Crippen LogP contribution in [0.5, 0.6) is 5.75 Å². The number of phenolic OH excluding ortho intramolecular Hbond substituents is 1. The SMILES string of the molecule is CCOC(=O)C(Cc1ccccc1O)N(CC)c1ccccc1. The van der Waals surface area contributed by atoms with Crippen LogP contribution >= 0.6 is 0 Å². The lowest BCUT2D eigenvalue weighted by Crippen LogP contribution is -2.44. The number of anilines is 1. The molecule has 0 aliphatic carbocycles. The van der Waals surface area contributed by atoms with E-state index in [9.17, 15) is 9.90 Å². The molecule has 122 valence electrons. The van der Waals surface area contributed by atoms with E-state index in [1.165, 1.54) is 0 Å². The van der Waals surface area contributed by atoms with Crippen molar-refractivity contribution in [2.75, 3.05) is 18.1 Å². The first kappa shape index (κ1) is 16.9. The predicted molar refractivity (Wildman–Crippen MR) is 91.7 cm³/mol. The first-order valence-electron chi connectivity index (χ1n) is 7.92. The number of ether oxygens (including phenoxy) is 1. The molecule has 0 amide bonds. The molecule has 23 heavy (non-hydrogen) atoms. The maximum absolute atomic E-state index is 12.5. The largest absolute Gasteiger partial charge is 0.508 e. The molecule has 2 aromatic rings. The fraction of sp³-hybridized carbons (Fsp3) is 0.316. The van der Waals surface area contributed by atoms with Crippen molar-refractivity contribution in [2.24, 2.45) is 0 Å². The van der Waals surface area contributed by atoms with Crippen LogP contribution in [0.15, 0.2) is 54.6 Å². The number of para-hydroxylation sites is 2. The van der Waals surface area contributed by atoms with E-state index in [-0.39, 0.29) is 11.7 Å². The Balaban J connectivity index is 2.33. The van der Waals surface area contributed by atoms with Gasteiger partial charge in [0.15, 0.2) is 0 Å². The topological polar surface area (TPSA) is 49.8 Å². The lowest BCUT2D eigenvalue weighted by atomic mass is 10.0. The molecule has 0 aromatic heterocycles. The van der Waals surface area contributed by atoms with Crippen LogP contribution in [-0.4, -0.2) is 30.3 Å². The molecule has 1 atom stereocenters. The molecule has 1 N–H and O–H groups in total. The van der Waals surface area contributed by atoms with Gasteiger partial charge >= 0.3 is 5.97 Å². The van der Waals surface area contributed by atoms with Crippen molar-refractivity contribution in [3.05, 3.63) is 60.2 Å². The average molecular weight is 313 g/mol. The van der Waals surface area contributed by atoms with Crippen LogP contribution in [0.3, 0.4) is 0 Å². The van der Waals surface area contributed by atoms with Gasteiger partial charge in [-0.15, -0.1) is 0 Å². The number of esters is 1. The normalized spacial score (nSPS) is 11.7. The summed E-state index contributed by atoms with van der Waals surface area (Å²) in [7, 11) is 0. The number of rotatable bonds is 7. The Kier molecular flexibility index (Phi) is 6.03. The Bertz CT molecular complexity index is 628. The maximum atomic E-state index is 12.5. The van der Waals surface area contributed by atoms with Crippen molar-refractivity contribution in [3.8, 4) is 5.75 Å². The number of nitrogens with zero attached hydrogens (tertiary/aromatic N) is 1. The van der Waals surface area contributed by atoms with Crippen LogP contribution < -0.4 is 4.90 Å². The molecule has 2 aromatic carbocycles. The molecule has 2 rings (SSSR count). The zero-order chi connectivity index (χ0) is 16.7. The molecular weight excluding hydrogens is 290 g/mol. The molecule has 4 heteroatoms. The minimum Gasteiger partial charge on any atom is -0.508 e. The molecule has 0 saturated heterocycles. The summed E-state index contributed by atoms with van der Waals surface area (Å²) in [5, 5.41) is 10.0. The molecule has 0 spiro atoms. The number of carbonyl (C=O) groups excluding carboxylic acids is 1. The van der Waals surface area contributed by atoms with Crippen LogP contribution in [0.25, 0.3) is 0 Å². The number of phenols is 1. The van der Waals surface area contributed by atoms with Crippen LogP contribution in [0, 0.1) is 0 Å². The summed E-state index contributed by atoms with van der Waals surface area (Å²) in [5.41, 5.74) is 1.70. The Hall–Kier alpha value is -2.49. The van der Waals surface area contributed by atoms with Gasteiger partial charge in [-0.3, -0.25) is 0 Å². The highest BCUT2D eigenvalue weighted by Gasteiger charge is 2.27. The minimum absolute atomic E-state index is 0.200. The van der Waals surface area contributed by atoms with Crippen LogP contribution in [-0.2, 0) is 16.0 Å².